The first-order chi connectivity index (χ1) is 15.9. The first-order valence-corrected chi connectivity index (χ1v) is 10.9. The van der Waals surface area contributed by atoms with E-state index < -0.39 is 6.03 Å². The zero-order chi connectivity index (χ0) is 23.8. The third kappa shape index (κ3) is 6.47. The maximum atomic E-state index is 13.3. The number of anilines is 3. The van der Waals surface area contributed by atoms with E-state index in [2.05, 4.69) is 20.6 Å². The number of halogens is 2. The zero-order valence-electron chi connectivity index (χ0n) is 18.5. The molecule has 0 aliphatic heterocycles. The van der Waals surface area contributed by atoms with E-state index >= 15 is 0 Å². The van der Waals surface area contributed by atoms with Gasteiger partial charge in [0.05, 0.1) is 19.4 Å². The molecule has 3 aromatic rings. The van der Waals surface area contributed by atoms with Crippen LogP contribution in [0.3, 0.4) is 0 Å². The van der Waals surface area contributed by atoms with Gasteiger partial charge in [0.2, 0.25) is 5.95 Å². The fraction of sp³-hybridized carbons (Fsp3) is 0.261. The summed E-state index contributed by atoms with van der Waals surface area (Å²) >= 11 is 12.5. The molecule has 0 spiro atoms. The Morgan fingerprint density at radius 3 is 2.42 bits per heavy atom. The molecule has 2 amide bonds. The number of aromatic nitrogens is 2. The lowest BCUT2D eigenvalue weighted by Gasteiger charge is -2.23. The minimum atomic E-state index is -0.411. The summed E-state index contributed by atoms with van der Waals surface area (Å²) in [6, 6.07) is 13.5. The number of carbonyl (C=O) groups is 1. The molecule has 174 valence electrons. The van der Waals surface area contributed by atoms with Crippen LogP contribution in [-0.2, 0) is 11.3 Å². The monoisotopic (exact) mass is 489 g/mol. The largest absolute Gasteiger partial charge is 0.497 e. The predicted molar refractivity (Wildman–Crippen MR) is 131 cm³/mol. The number of nitrogens with zero attached hydrogens (tertiary/aromatic N) is 3. The van der Waals surface area contributed by atoms with E-state index in [0.29, 0.717) is 45.4 Å². The molecule has 0 unspecified atom stereocenters. The van der Waals surface area contributed by atoms with Gasteiger partial charge in [-0.2, -0.15) is 4.98 Å². The molecule has 2 N–H and O–H groups in total. The second kappa shape index (κ2) is 11.7. The van der Waals surface area contributed by atoms with Crippen LogP contribution in [-0.4, -0.2) is 42.9 Å². The molecule has 0 aliphatic rings. The maximum Gasteiger partial charge on any atom is 0.327 e. The molecule has 0 fully saturated rings. The highest BCUT2D eigenvalue weighted by Gasteiger charge is 2.21. The molecular weight excluding hydrogens is 465 g/mol. The molecule has 1 atom stereocenters. The van der Waals surface area contributed by atoms with Crippen molar-refractivity contribution in [3.05, 3.63) is 70.3 Å². The van der Waals surface area contributed by atoms with Gasteiger partial charge >= 0.3 is 6.03 Å². The SMILES string of the molecule is COC[C@H](C)Nc1nccc(N(C(=O)NCc2c(Cl)cccc2Cl)c2ccc(OC)cc2)n1. The second-order valence-electron chi connectivity index (χ2n) is 7.13. The molecule has 3 rings (SSSR count). The van der Waals surface area contributed by atoms with Gasteiger partial charge in [-0.3, -0.25) is 0 Å². The Morgan fingerprint density at radius 1 is 1.09 bits per heavy atom. The van der Waals surface area contributed by atoms with E-state index in [1.807, 2.05) is 6.92 Å². The van der Waals surface area contributed by atoms with E-state index in [-0.39, 0.29) is 12.6 Å². The minimum absolute atomic E-state index is 0.0177. The number of rotatable bonds is 9. The minimum Gasteiger partial charge on any atom is -0.497 e. The molecule has 0 aliphatic carbocycles. The van der Waals surface area contributed by atoms with Crippen molar-refractivity contribution in [2.24, 2.45) is 0 Å². The Balaban J connectivity index is 1.90. The summed E-state index contributed by atoms with van der Waals surface area (Å²) in [5.41, 5.74) is 1.22. The van der Waals surface area contributed by atoms with Crippen LogP contribution in [0.15, 0.2) is 54.7 Å². The highest BCUT2D eigenvalue weighted by atomic mass is 35.5. The Labute approximate surface area is 202 Å². The number of hydrogen-bond donors (Lipinski definition) is 2. The third-order valence-electron chi connectivity index (χ3n) is 4.67. The van der Waals surface area contributed by atoms with Crippen molar-refractivity contribution in [2.75, 3.05) is 31.0 Å². The summed E-state index contributed by atoms with van der Waals surface area (Å²) in [5, 5.41) is 6.98. The van der Waals surface area contributed by atoms with Crippen LogP contribution in [0.2, 0.25) is 10.0 Å². The van der Waals surface area contributed by atoms with Gasteiger partial charge in [0.1, 0.15) is 11.6 Å². The number of ether oxygens (including phenoxy) is 2. The van der Waals surface area contributed by atoms with Crippen molar-refractivity contribution in [2.45, 2.75) is 19.5 Å². The lowest BCUT2D eigenvalue weighted by Crippen LogP contribution is -2.37. The van der Waals surface area contributed by atoms with Crippen LogP contribution in [0.25, 0.3) is 0 Å². The number of nitrogens with one attached hydrogen (secondary N) is 2. The predicted octanol–water partition coefficient (Wildman–Crippen LogP) is 5.29. The first kappa shape index (κ1) is 24.6. The first-order valence-electron chi connectivity index (χ1n) is 10.2. The summed E-state index contributed by atoms with van der Waals surface area (Å²) in [4.78, 5) is 23.5. The number of amides is 2. The third-order valence-corrected chi connectivity index (χ3v) is 5.38. The topological polar surface area (TPSA) is 88.6 Å². The van der Waals surface area contributed by atoms with Crippen molar-refractivity contribution in [3.8, 4) is 5.75 Å². The molecule has 33 heavy (non-hydrogen) atoms. The van der Waals surface area contributed by atoms with Gasteiger partial charge in [0, 0.05) is 47.6 Å². The second-order valence-corrected chi connectivity index (χ2v) is 7.95. The normalized spacial score (nSPS) is 11.5. The van der Waals surface area contributed by atoms with Crippen LogP contribution < -0.4 is 20.3 Å². The summed E-state index contributed by atoms with van der Waals surface area (Å²) < 4.78 is 10.4. The quantitative estimate of drug-likeness (QED) is 0.424. The number of hydrogen-bond acceptors (Lipinski definition) is 6. The van der Waals surface area contributed by atoms with E-state index in [9.17, 15) is 4.79 Å². The van der Waals surface area contributed by atoms with Crippen molar-refractivity contribution >= 4 is 46.7 Å². The zero-order valence-corrected chi connectivity index (χ0v) is 20.0. The smallest absolute Gasteiger partial charge is 0.327 e. The average Bonchev–Trinajstić information content (AvgIpc) is 2.80. The molecule has 0 bridgehead atoms. The molecule has 10 heteroatoms. The van der Waals surface area contributed by atoms with Crippen LogP contribution in [0.4, 0.5) is 22.2 Å². The molecular formula is C23H25Cl2N5O3. The maximum absolute atomic E-state index is 13.3. The Hall–Kier alpha value is -3.07. The van der Waals surface area contributed by atoms with Gasteiger partial charge in [-0.05, 0) is 43.3 Å². The Morgan fingerprint density at radius 2 is 1.79 bits per heavy atom. The number of urea groups is 1. The van der Waals surface area contributed by atoms with E-state index in [1.165, 1.54) is 4.90 Å². The number of carbonyl (C=O) groups excluding carboxylic acids is 1. The fourth-order valence-corrected chi connectivity index (χ4v) is 3.62. The van der Waals surface area contributed by atoms with Gasteiger partial charge in [0.15, 0.2) is 0 Å². The van der Waals surface area contributed by atoms with Crippen LogP contribution in [0.1, 0.15) is 12.5 Å². The molecule has 0 saturated carbocycles. The van der Waals surface area contributed by atoms with Crippen molar-refractivity contribution in [1.29, 1.82) is 0 Å². The van der Waals surface area contributed by atoms with Crippen LogP contribution in [0, 0.1) is 0 Å². The number of methoxy groups -OCH3 is 2. The van der Waals surface area contributed by atoms with Crippen molar-refractivity contribution < 1.29 is 14.3 Å². The Kier molecular flexibility index (Phi) is 8.71. The lowest BCUT2D eigenvalue weighted by molar-refractivity contribution is 0.190. The highest BCUT2D eigenvalue weighted by molar-refractivity contribution is 6.36. The number of benzene rings is 2. The van der Waals surface area contributed by atoms with E-state index in [4.69, 9.17) is 32.7 Å². The summed E-state index contributed by atoms with van der Waals surface area (Å²) in [6.07, 6.45) is 1.58. The van der Waals surface area contributed by atoms with Crippen molar-refractivity contribution in [1.82, 2.24) is 15.3 Å². The van der Waals surface area contributed by atoms with Crippen LogP contribution >= 0.6 is 23.2 Å². The Bertz CT molecular complexity index is 1060. The lowest BCUT2D eigenvalue weighted by atomic mass is 10.2. The molecule has 8 nitrogen and oxygen atoms in total. The highest BCUT2D eigenvalue weighted by Crippen LogP contribution is 2.28. The molecule has 0 saturated heterocycles. The molecule has 1 aromatic heterocycles. The average molecular weight is 490 g/mol. The van der Waals surface area contributed by atoms with E-state index in [0.717, 1.165) is 0 Å². The molecule has 1 heterocycles. The van der Waals surface area contributed by atoms with Gasteiger partial charge in [0.25, 0.3) is 0 Å². The summed E-state index contributed by atoms with van der Waals surface area (Å²) in [6.45, 7) is 2.57. The van der Waals surface area contributed by atoms with E-state index in [1.54, 1.807) is 68.9 Å². The van der Waals surface area contributed by atoms with Crippen LogP contribution in [0.5, 0.6) is 5.75 Å². The van der Waals surface area contributed by atoms with Gasteiger partial charge in [-0.25, -0.2) is 14.7 Å². The van der Waals surface area contributed by atoms with Gasteiger partial charge in [-0.15, -0.1) is 0 Å². The summed E-state index contributed by atoms with van der Waals surface area (Å²) in [7, 11) is 3.20. The molecule has 2 aromatic carbocycles. The van der Waals surface area contributed by atoms with Gasteiger partial charge in [-0.1, -0.05) is 29.3 Å². The summed E-state index contributed by atoms with van der Waals surface area (Å²) in [5.74, 6) is 1.42. The molecule has 0 radical (unpaired) electrons. The fourth-order valence-electron chi connectivity index (χ4n) is 3.08. The standard InChI is InChI=1S/C23H25Cl2N5O3/c1-15(14-32-2)28-22-26-12-11-21(29-22)30(16-7-9-17(33-3)10-8-16)23(31)27-13-18-19(24)5-4-6-20(18)25/h4-12,15H,13-14H2,1-3H3,(H,27,31)(H,26,28,29)/t15-/m0/s1. The van der Waals surface area contributed by atoms with Crippen molar-refractivity contribution in [3.63, 3.8) is 0 Å². The van der Waals surface area contributed by atoms with Gasteiger partial charge < -0.3 is 20.1 Å².